The molecule has 1 fully saturated rings. The van der Waals surface area contributed by atoms with Crippen molar-refractivity contribution >= 4 is 23.3 Å². The average molecular weight is 347 g/mol. The van der Waals surface area contributed by atoms with Gasteiger partial charge in [-0.05, 0) is 41.8 Å². The van der Waals surface area contributed by atoms with E-state index in [1.165, 1.54) is 9.53 Å². The molecule has 1 saturated heterocycles. The summed E-state index contributed by atoms with van der Waals surface area (Å²) in [6.45, 7) is 3.55. The zero-order valence-corrected chi connectivity index (χ0v) is 14.1. The largest absolute Gasteiger partial charge is 0.480 e. The molecule has 0 atom stereocenters. The van der Waals surface area contributed by atoms with Crippen molar-refractivity contribution in [3.63, 3.8) is 0 Å². The molecule has 3 heterocycles. The summed E-state index contributed by atoms with van der Waals surface area (Å²) in [6, 6.07) is 3.66. The van der Waals surface area contributed by atoms with Gasteiger partial charge in [0.1, 0.15) is 6.54 Å². The molecule has 0 bridgehead atoms. The van der Waals surface area contributed by atoms with Crippen molar-refractivity contribution in [2.75, 3.05) is 31.1 Å². The van der Waals surface area contributed by atoms with E-state index in [-0.39, 0.29) is 18.4 Å². The first-order valence-electron chi connectivity index (χ1n) is 8.39. The lowest BCUT2D eigenvalue weighted by molar-refractivity contribution is -0.146. The summed E-state index contributed by atoms with van der Waals surface area (Å²) in [4.78, 5) is 27.1. The molecule has 0 saturated carbocycles. The van der Waals surface area contributed by atoms with E-state index in [4.69, 9.17) is 5.11 Å². The quantitative estimate of drug-likeness (QED) is 0.779. The Hall–Kier alpha value is -2.78. The Balaban J connectivity index is 1.62. The zero-order chi connectivity index (χ0) is 17.8. The molecule has 0 spiro atoms. The lowest BCUT2D eigenvalue weighted by Crippen LogP contribution is -2.44. The highest BCUT2D eigenvalue weighted by Crippen LogP contribution is 2.23. The number of fused-ring (bicyclic) bond motifs is 1. The Labute approximate surface area is 144 Å². The first-order valence-corrected chi connectivity index (χ1v) is 8.39. The molecule has 0 aromatic carbocycles. The second kappa shape index (κ2) is 7.41. The summed E-state index contributed by atoms with van der Waals surface area (Å²) >= 11 is 0. The molecule has 0 radical (unpaired) electrons. The van der Waals surface area contributed by atoms with Gasteiger partial charge in [-0.2, -0.15) is 0 Å². The highest BCUT2D eigenvalue weighted by molar-refractivity contribution is 5.83. The summed E-state index contributed by atoms with van der Waals surface area (Å²) in [6.07, 6.45) is 2.09. The molecule has 25 heavy (non-hydrogen) atoms. The van der Waals surface area contributed by atoms with E-state index in [1.54, 1.807) is 6.07 Å². The maximum Gasteiger partial charge on any atom is 0.323 e. The normalized spacial score (nSPS) is 15.5. The number of carboxylic acids is 1. The number of nitrogens with zero attached hydrogens (tertiary/aromatic N) is 7. The Morgan fingerprint density at radius 3 is 2.76 bits per heavy atom. The van der Waals surface area contributed by atoms with E-state index in [1.807, 2.05) is 13.0 Å². The van der Waals surface area contributed by atoms with Crippen LogP contribution in [0.15, 0.2) is 12.1 Å². The maximum absolute atomic E-state index is 12.6. The molecule has 3 rings (SSSR count). The molecule has 1 amide bonds. The van der Waals surface area contributed by atoms with Gasteiger partial charge in [-0.3, -0.25) is 9.59 Å². The van der Waals surface area contributed by atoms with Crippen molar-refractivity contribution < 1.29 is 14.7 Å². The van der Waals surface area contributed by atoms with Crippen LogP contribution in [0.5, 0.6) is 0 Å². The summed E-state index contributed by atoms with van der Waals surface area (Å²) in [5.41, 5.74) is 0.581. The molecule has 134 valence electrons. The number of aliphatic carboxylic acids is 1. The van der Waals surface area contributed by atoms with Crippen molar-refractivity contribution in [3.05, 3.63) is 12.1 Å². The number of anilines is 1. The van der Waals surface area contributed by atoms with Crippen LogP contribution in [-0.4, -0.2) is 73.3 Å². The number of piperidine rings is 1. The van der Waals surface area contributed by atoms with Crippen LogP contribution in [0.1, 0.15) is 26.2 Å². The fraction of sp³-hybridized carbons (Fsp3) is 0.600. The van der Waals surface area contributed by atoms with E-state index in [0.29, 0.717) is 38.1 Å². The Kier molecular flexibility index (Phi) is 5.05. The van der Waals surface area contributed by atoms with Gasteiger partial charge in [0.15, 0.2) is 11.5 Å². The molecule has 1 aliphatic rings. The zero-order valence-electron chi connectivity index (χ0n) is 14.1. The van der Waals surface area contributed by atoms with Gasteiger partial charge in [0.05, 0.1) is 0 Å². The first kappa shape index (κ1) is 17.1. The molecule has 1 aliphatic heterocycles. The second-order valence-electron chi connectivity index (χ2n) is 6.13. The van der Waals surface area contributed by atoms with Crippen LogP contribution < -0.4 is 4.90 Å². The Morgan fingerprint density at radius 1 is 1.32 bits per heavy atom. The molecule has 0 aliphatic carbocycles. The highest BCUT2D eigenvalue weighted by Gasteiger charge is 2.29. The van der Waals surface area contributed by atoms with E-state index >= 15 is 0 Å². The summed E-state index contributed by atoms with van der Waals surface area (Å²) in [7, 11) is 0. The van der Waals surface area contributed by atoms with Gasteiger partial charge in [0.25, 0.3) is 0 Å². The number of carboxylic acid groups (broad SMARTS) is 1. The topological polar surface area (TPSA) is 117 Å². The first-order chi connectivity index (χ1) is 12.1. The lowest BCUT2D eigenvalue weighted by atomic mass is 9.95. The van der Waals surface area contributed by atoms with Gasteiger partial charge in [-0.25, -0.2) is 0 Å². The van der Waals surface area contributed by atoms with Crippen molar-refractivity contribution in [1.29, 1.82) is 0 Å². The fourth-order valence-electron chi connectivity index (χ4n) is 3.12. The summed E-state index contributed by atoms with van der Waals surface area (Å²) < 4.78 is 1.38. The van der Waals surface area contributed by atoms with Gasteiger partial charge >= 0.3 is 5.97 Å². The average Bonchev–Trinajstić information content (AvgIpc) is 3.08. The predicted octanol–water partition coefficient (Wildman–Crippen LogP) is 0.0589. The van der Waals surface area contributed by atoms with Crippen LogP contribution in [0, 0.1) is 5.92 Å². The van der Waals surface area contributed by atoms with Crippen LogP contribution in [0.25, 0.3) is 5.65 Å². The third-order valence-corrected chi connectivity index (χ3v) is 4.35. The minimum Gasteiger partial charge on any atom is -0.480 e. The van der Waals surface area contributed by atoms with Gasteiger partial charge in [0.2, 0.25) is 5.91 Å². The monoisotopic (exact) mass is 347 g/mol. The molecule has 1 N–H and O–H groups in total. The van der Waals surface area contributed by atoms with Crippen LogP contribution in [0.4, 0.5) is 5.82 Å². The minimum atomic E-state index is -0.974. The predicted molar refractivity (Wildman–Crippen MR) is 88.0 cm³/mol. The third-order valence-electron chi connectivity index (χ3n) is 4.35. The van der Waals surface area contributed by atoms with E-state index in [2.05, 4.69) is 25.5 Å². The van der Waals surface area contributed by atoms with Crippen LogP contribution >= 0.6 is 0 Å². The number of aromatic nitrogens is 5. The lowest BCUT2D eigenvalue weighted by Gasteiger charge is -2.34. The number of hydrogen-bond acceptors (Lipinski definition) is 7. The second-order valence-corrected chi connectivity index (χ2v) is 6.13. The Bertz CT molecular complexity index is 754. The van der Waals surface area contributed by atoms with Crippen LogP contribution in [0.2, 0.25) is 0 Å². The van der Waals surface area contributed by atoms with Gasteiger partial charge in [-0.15, -0.1) is 14.8 Å². The number of hydrogen-bond donors (Lipinski definition) is 1. The number of carbonyl (C=O) groups is 2. The number of amides is 1. The Morgan fingerprint density at radius 2 is 2.08 bits per heavy atom. The maximum atomic E-state index is 12.6. The summed E-state index contributed by atoms with van der Waals surface area (Å²) in [5.74, 6) is -0.411. The van der Waals surface area contributed by atoms with Gasteiger partial charge in [0, 0.05) is 25.6 Å². The molecule has 2 aromatic rings. The number of tetrazole rings is 1. The van der Waals surface area contributed by atoms with Crippen LogP contribution in [0.3, 0.4) is 0 Å². The molecule has 2 aromatic heterocycles. The van der Waals surface area contributed by atoms with Crippen molar-refractivity contribution in [3.8, 4) is 0 Å². The molecular formula is C15H21N7O3. The highest BCUT2D eigenvalue weighted by atomic mass is 16.4. The third kappa shape index (κ3) is 3.83. The van der Waals surface area contributed by atoms with Crippen LogP contribution in [-0.2, 0) is 9.59 Å². The van der Waals surface area contributed by atoms with Gasteiger partial charge in [-0.1, -0.05) is 6.92 Å². The molecule has 0 unspecified atom stereocenters. The molecule has 10 heteroatoms. The van der Waals surface area contributed by atoms with E-state index < -0.39 is 5.97 Å². The van der Waals surface area contributed by atoms with Crippen molar-refractivity contribution in [2.45, 2.75) is 26.2 Å². The fourth-order valence-corrected chi connectivity index (χ4v) is 3.12. The smallest absolute Gasteiger partial charge is 0.323 e. The summed E-state index contributed by atoms with van der Waals surface area (Å²) in [5, 5.41) is 24.5. The molecule has 10 nitrogen and oxygen atoms in total. The van der Waals surface area contributed by atoms with E-state index in [0.717, 1.165) is 12.2 Å². The number of rotatable bonds is 6. The minimum absolute atomic E-state index is 0.0622. The SMILES string of the molecule is CCCN(CC(=O)O)C(=O)C1CCN(c2ccc3nnnn3n2)CC1. The van der Waals surface area contributed by atoms with Crippen molar-refractivity contribution in [1.82, 2.24) is 30.2 Å². The standard InChI is InChI=1S/C15H21N7O3/c1-2-7-21(10-14(23)24)15(25)11-5-8-20(9-6-11)13-4-3-12-16-18-19-22(12)17-13/h3-4,11H,2,5-10H2,1H3,(H,23,24). The molecular weight excluding hydrogens is 326 g/mol. The van der Waals surface area contributed by atoms with E-state index in [9.17, 15) is 9.59 Å². The van der Waals surface area contributed by atoms with Gasteiger partial charge < -0.3 is 14.9 Å². The van der Waals surface area contributed by atoms with Crippen molar-refractivity contribution in [2.24, 2.45) is 5.92 Å². The number of carbonyl (C=O) groups excluding carboxylic acids is 1.